The van der Waals surface area contributed by atoms with Crippen molar-refractivity contribution in [3.8, 4) is 0 Å². The van der Waals surface area contributed by atoms with Crippen molar-refractivity contribution >= 4 is 0 Å². The predicted molar refractivity (Wildman–Crippen MR) is 46.1 cm³/mol. The average Bonchev–Trinajstić information content (AvgIpc) is 2.05. The smallest absolute Gasteiger partial charge is 0.299 e. The molecule has 0 spiro atoms. The van der Waals surface area contributed by atoms with E-state index in [0.717, 1.165) is 0 Å². The van der Waals surface area contributed by atoms with Crippen LogP contribution in [0.4, 0.5) is 4.39 Å². The number of ether oxygens (including phenoxy) is 1. The molecular formula is C10H12FO. The van der Waals surface area contributed by atoms with E-state index in [1.807, 2.05) is 6.07 Å². The second-order valence-electron chi connectivity index (χ2n) is 2.81. The van der Waals surface area contributed by atoms with Gasteiger partial charge in [0.1, 0.15) is 0 Å². The molecule has 0 unspecified atom stereocenters. The third-order valence-electron chi connectivity index (χ3n) is 1.34. The summed E-state index contributed by atoms with van der Waals surface area (Å²) in [5, 5.41) is 0. The van der Waals surface area contributed by atoms with Crippen LogP contribution in [0.15, 0.2) is 30.3 Å². The molecule has 12 heavy (non-hydrogen) atoms. The Morgan fingerprint density at radius 3 is 2.33 bits per heavy atom. The monoisotopic (exact) mass is 167 g/mol. The van der Waals surface area contributed by atoms with E-state index in [0.29, 0.717) is 5.56 Å². The van der Waals surface area contributed by atoms with Crippen LogP contribution in [0.3, 0.4) is 0 Å². The van der Waals surface area contributed by atoms with Gasteiger partial charge in [-0.2, -0.15) is 4.39 Å². The van der Waals surface area contributed by atoms with Gasteiger partial charge in [0.2, 0.25) is 0 Å². The summed E-state index contributed by atoms with van der Waals surface area (Å²) in [4.78, 5) is 0. The Bertz CT molecular complexity index is 221. The van der Waals surface area contributed by atoms with Crippen molar-refractivity contribution in [1.29, 1.82) is 0 Å². The topological polar surface area (TPSA) is 9.23 Å². The summed E-state index contributed by atoms with van der Waals surface area (Å²) in [6.45, 7) is 3.59. The first-order valence-electron chi connectivity index (χ1n) is 3.94. The summed E-state index contributed by atoms with van der Waals surface area (Å²) in [6.07, 6.45) is -0.629. The third kappa shape index (κ3) is 2.62. The SMILES string of the molecule is CC(C)O[C](F)c1ccccc1. The summed E-state index contributed by atoms with van der Waals surface area (Å²) in [7, 11) is 0. The molecule has 65 valence electrons. The van der Waals surface area contributed by atoms with Crippen LogP contribution in [0.2, 0.25) is 0 Å². The first-order valence-corrected chi connectivity index (χ1v) is 3.94. The fourth-order valence-electron chi connectivity index (χ4n) is 0.844. The molecule has 0 saturated heterocycles. The molecule has 0 bridgehead atoms. The largest absolute Gasteiger partial charge is 0.335 e. The minimum absolute atomic E-state index is 0.120. The number of hydrogen-bond donors (Lipinski definition) is 0. The zero-order valence-electron chi connectivity index (χ0n) is 7.25. The lowest BCUT2D eigenvalue weighted by Crippen LogP contribution is -2.06. The van der Waals surface area contributed by atoms with Crippen molar-refractivity contribution in [1.82, 2.24) is 0 Å². The van der Waals surface area contributed by atoms with Crippen molar-refractivity contribution in [3.63, 3.8) is 0 Å². The zero-order valence-corrected chi connectivity index (χ0v) is 7.25. The highest BCUT2D eigenvalue weighted by Crippen LogP contribution is 2.18. The lowest BCUT2D eigenvalue weighted by molar-refractivity contribution is 0.0394. The molecule has 0 heterocycles. The van der Waals surface area contributed by atoms with Crippen LogP contribution in [-0.4, -0.2) is 6.10 Å². The van der Waals surface area contributed by atoms with Crippen LogP contribution in [-0.2, 0) is 4.74 Å². The molecule has 2 heteroatoms. The van der Waals surface area contributed by atoms with E-state index in [-0.39, 0.29) is 6.10 Å². The highest BCUT2D eigenvalue weighted by molar-refractivity contribution is 5.23. The Morgan fingerprint density at radius 2 is 1.83 bits per heavy atom. The van der Waals surface area contributed by atoms with Gasteiger partial charge in [0.15, 0.2) is 0 Å². The maximum atomic E-state index is 13.1. The van der Waals surface area contributed by atoms with E-state index in [1.54, 1.807) is 38.1 Å². The maximum Gasteiger partial charge on any atom is 0.299 e. The van der Waals surface area contributed by atoms with E-state index in [1.165, 1.54) is 0 Å². The molecule has 0 aliphatic heterocycles. The Kier molecular flexibility index (Phi) is 3.23. The minimum atomic E-state index is -0.509. The molecule has 0 N–H and O–H groups in total. The standard InChI is InChI=1S/C10H12FO/c1-8(2)12-10(11)9-6-4-3-5-7-9/h3-8H,1-2H3. The quantitative estimate of drug-likeness (QED) is 0.672. The Balaban J connectivity index is 2.59. The van der Waals surface area contributed by atoms with E-state index >= 15 is 0 Å². The summed E-state index contributed by atoms with van der Waals surface area (Å²) >= 11 is 0. The van der Waals surface area contributed by atoms with Crippen LogP contribution >= 0.6 is 0 Å². The molecule has 1 rings (SSSR count). The van der Waals surface area contributed by atoms with Gasteiger partial charge in [-0.1, -0.05) is 30.3 Å². The van der Waals surface area contributed by atoms with Gasteiger partial charge in [-0.25, -0.2) is 0 Å². The summed E-state index contributed by atoms with van der Waals surface area (Å²) < 4.78 is 18.0. The van der Waals surface area contributed by atoms with Gasteiger partial charge >= 0.3 is 0 Å². The summed E-state index contributed by atoms with van der Waals surface area (Å²) in [6, 6.07) is 8.75. The van der Waals surface area contributed by atoms with Crippen LogP contribution in [0.25, 0.3) is 0 Å². The Morgan fingerprint density at radius 1 is 1.25 bits per heavy atom. The van der Waals surface area contributed by atoms with Crippen LogP contribution in [0.1, 0.15) is 19.4 Å². The van der Waals surface area contributed by atoms with Crippen molar-refractivity contribution in [2.24, 2.45) is 0 Å². The normalized spacial score (nSPS) is 11.1. The molecule has 0 aliphatic rings. The first-order chi connectivity index (χ1) is 5.70. The molecule has 0 aliphatic carbocycles. The van der Waals surface area contributed by atoms with Crippen molar-refractivity contribution in [2.75, 3.05) is 0 Å². The lowest BCUT2D eigenvalue weighted by Gasteiger charge is -2.10. The van der Waals surface area contributed by atoms with E-state index < -0.39 is 6.36 Å². The van der Waals surface area contributed by atoms with Crippen molar-refractivity contribution < 1.29 is 9.13 Å². The summed E-state index contributed by atoms with van der Waals surface area (Å²) in [5.41, 5.74) is 0.492. The van der Waals surface area contributed by atoms with Crippen LogP contribution in [0.5, 0.6) is 0 Å². The fourth-order valence-corrected chi connectivity index (χ4v) is 0.844. The minimum Gasteiger partial charge on any atom is -0.335 e. The molecular weight excluding hydrogens is 155 g/mol. The van der Waals surface area contributed by atoms with Gasteiger partial charge < -0.3 is 4.74 Å². The van der Waals surface area contributed by atoms with Crippen LogP contribution < -0.4 is 0 Å². The van der Waals surface area contributed by atoms with Gasteiger partial charge in [0.25, 0.3) is 6.36 Å². The maximum absolute atomic E-state index is 13.1. The molecule has 1 radical (unpaired) electrons. The molecule has 1 aromatic carbocycles. The molecule has 0 saturated carbocycles. The Labute approximate surface area is 72.2 Å². The second-order valence-corrected chi connectivity index (χ2v) is 2.81. The molecule has 0 amide bonds. The molecule has 0 fully saturated rings. The molecule has 1 nitrogen and oxygen atoms in total. The molecule has 0 atom stereocenters. The summed E-state index contributed by atoms with van der Waals surface area (Å²) in [5.74, 6) is 0. The number of benzene rings is 1. The van der Waals surface area contributed by atoms with Gasteiger partial charge in [-0.3, -0.25) is 0 Å². The van der Waals surface area contributed by atoms with E-state index in [4.69, 9.17) is 4.74 Å². The first kappa shape index (κ1) is 9.20. The van der Waals surface area contributed by atoms with Crippen molar-refractivity contribution in [2.45, 2.75) is 20.0 Å². The number of halogens is 1. The van der Waals surface area contributed by atoms with E-state index in [9.17, 15) is 4.39 Å². The third-order valence-corrected chi connectivity index (χ3v) is 1.34. The molecule has 1 aromatic rings. The van der Waals surface area contributed by atoms with Gasteiger partial charge in [-0.05, 0) is 13.8 Å². The Hall–Kier alpha value is -0.890. The van der Waals surface area contributed by atoms with Crippen molar-refractivity contribution in [3.05, 3.63) is 42.3 Å². The fraction of sp³-hybridized carbons (Fsp3) is 0.300. The lowest BCUT2D eigenvalue weighted by atomic mass is 10.2. The average molecular weight is 167 g/mol. The van der Waals surface area contributed by atoms with Gasteiger partial charge in [0, 0.05) is 5.56 Å². The highest BCUT2D eigenvalue weighted by Gasteiger charge is 2.12. The predicted octanol–water partition coefficient (Wildman–Crippen LogP) is 2.92. The highest BCUT2D eigenvalue weighted by atomic mass is 19.1. The second kappa shape index (κ2) is 4.21. The zero-order chi connectivity index (χ0) is 8.97. The van der Waals surface area contributed by atoms with Gasteiger partial charge in [0.05, 0.1) is 6.10 Å². The van der Waals surface area contributed by atoms with Gasteiger partial charge in [-0.15, -0.1) is 0 Å². The number of hydrogen-bond acceptors (Lipinski definition) is 1. The van der Waals surface area contributed by atoms with E-state index in [2.05, 4.69) is 0 Å². The van der Waals surface area contributed by atoms with Crippen LogP contribution in [0, 0.1) is 6.36 Å². The molecule has 0 aromatic heterocycles. The number of rotatable bonds is 3.